The van der Waals surface area contributed by atoms with Gasteiger partial charge in [0, 0.05) is 30.7 Å². The maximum Gasteiger partial charge on any atom is 0.288 e. The number of carbonyl (C=O) groups excluding carboxylic acids is 1. The Balaban J connectivity index is 1.63. The first-order valence-electron chi connectivity index (χ1n) is 8.66. The Morgan fingerprint density at radius 1 is 1.44 bits per heavy atom. The first kappa shape index (κ1) is 18.6. The molecule has 1 atom stereocenters. The second-order valence-electron chi connectivity index (χ2n) is 6.76. The molecule has 0 saturated carbocycles. The summed E-state index contributed by atoms with van der Waals surface area (Å²) in [6.45, 7) is 1.26. The van der Waals surface area contributed by atoms with E-state index in [1.807, 2.05) is 24.3 Å². The SMILES string of the molecule is CN(C)C(=O)[C@@H]1CCCN1Cn1nc(-c2sc3ccccc3c2Cl)oc1=S. The zero-order valence-electron chi connectivity index (χ0n) is 15.0. The third-order valence-electron chi connectivity index (χ3n) is 4.74. The van der Waals surface area contributed by atoms with Crippen LogP contribution < -0.4 is 0 Å². The van der Waals surface area contributed by atoms with Gasteiger partial charge in [0.25, 0.3) is 10.7 Å². The molecule has 1 aliphatic rings. The van der Waals surface area contributed by atoms with Crippen LogP contribution in [0.3, 0.4) is 0 Å². The quantitative estimate of drug-likeness (QED) is 0.588. The van der Waals surface area contributed by atoms with Crippen molar-refractivity contribution < 1.29 is 9.21 Å². The van der Waals surface area contributed by atoms with E-state index in [2.05, 4.69) is 10.00 Å². The second kappa shape index (κ2) is 7.35. The molecular formula is C18H19ClN4O2S2. The molecular weight excluding hydrogens is 404 g/mol. The summed E-state index contributed by atoms with van der Waals surface area (Å²) >= 11 is 13.4. The molecule has 142 valence electrons. The van der Waals surface area contributed by atoms with E-state index in [-0.39, 0.29) is 16.8 Å². The summed E-state index contributed by atoms with van der Waals surface area (Å²) in [5.74, 6) is 0.524. The minimum absolute atomic E-state index is 0.107. The Kier molecular flexibility index (Phi) is 5.07. The predicted molar refractivity (Wildman–Crippen MR) is 110 cm³/mol. The van der Waals surface area contributed by atoms with E-state index in [9.17, 15) is 4.79 Å². The van der Waals surface area contributed by atoms with Gasteiger partial charge in [0.15, 0.2) is 0 Å². The second-order valence-corrected chi connectivity index (χ2v) is 8.54. The summed E-state index contributed by atoms with van der Waals surface area (Å²) in [6, 6.07) is 7.78. The molecule has 0 spiro atoms. The molecule has 0 aliphatic carbocycles. The van der Waals surface area contributed by atoms with Crippen LogP contribution in [-0.2, 0) is 11.5 Å². The zero-order chi connectivity index (χ0) is 19.1. The molecule has 6 nitrogen and oxygen atoms in total. The summed E-state index contributed by atoms with van der Waals surface area (Å²) in [5, 5.41) is 6.15. The van der Waals surface area contributed by atoms with E-state index < -0.39 is 0 Å². The third kappa shape index (κ3) is 3.42. The molecule has 1 amide bonds. The highest BCUT2D eigenvalue weighted by molar-refractivity contribution is 7.71. The van der Waals surface area contributed by atoms with Crippen LogP contribution in [0.1, 0.15) is 12.8 Å². The molecule has 1 saturated heterocycles. The van der Waals surface area contributed by atoms with Crippen molar-refractivity contribution in [3.63, 3.8) is 0 Å². The number of rotatable bonds is 4. The fourth-order valence-corrected chi connectivity index (χ4v) is 4.99. The van der Waals surface area contributed by atoms with Crippen LogP contribution >= 0.6 is 35.2 Å². The summed E-state index contributed by atoms with van der Waals surface area (Å²) < 4.78 is 8.44. The van der Waals surface area contributed by atoms with Gasteiger partial charge in [-0.05, 0) is 31.1 Å². The molecule has 1 aliphatic heterocycles. The number of amides is 1. The lowest BCUT2D eigenvalue weighted by Crippen LogP contribution is -2.43. The Morgan fingerprint density at radius 2 is 2.22 bits per heavy atom. The molecule has 0 radical (unpaired) electrons. The molecule has 3 aromatic rings. The number of aromatic nitrogens is 2. The largest absolute Gasteiger partial charge is 0.408 e. The maximum atomic E-state index is 12.4. The van der Waals surface area contributed by atoms with Crippen molar-refractivity contribution in [2.75, 3.05) is 20.6 Å². The Labute approximate surface area is 170 Å². The lowest BCUT2D eigenvalue weighted by molar-refractivity contribution is -0.134. The minimum Gasteiger partial charge on any atom is -0.408 e. The van der Waals surface area contributed by atoms with Gasteiger partial charge in [-0.3, -0.25) is 9.69 Å². The van der Waals surface area contributed by atoms with E-state index in [4.69, 9.17) is 28.2 Å². The van der Waals surface area contributed by atoms with Crippen molar-refractivity contribution in [1.82, 2.24) is 19.6 Å². The van der Waals surface area contributed by atoms with Crippen molar-refractivity contribution in [3.05, 3.63) is 34.1 Å². The number of likely N-dealkylation sites (tertiary alicyclic amines) is 1. The predicted octanol–water partition coefficient (Wildman–Crippen LogP) is 4.25. The van der Waals surface area contributed by atoms with Gasteiger partial charge < -0.3 is 9.32 Å². The Bertz CT molecular complexity index is 1060. The number of hydrogen-bond acceptors (Lipinski definition) is 6. The lowest BCUT2D eigenvalue weighted by Gasteiger charge is -2.25. The van der Waals surface area contributed by atoms with Crippen LogP contribution in [0.4, 0.5) is 0 Å². The number of fused-ring (bicyclic) bond motifs is 1. The highest BCUT2D eigenvalue weighted by Crippen LogP contribution is 2.41. The monoisotopic (exact) mass is 422 g/mol. The molecule has 9 heteroatoms. The van der Waals surface area contributed by atoms with Crippen molar-refractivity contribution in [3.8, 4) is 10.8 Å². The summed E-state index contributed by atoms with van der Waals surface area (Å²) in [5.41, 5.74) is 0. The van der Waals surface area contributed by atoms with E-state index in [0.29, 0.717) is 17.6 Å². The van der Waals surface area contributed by atoms with Gasteiger partial charge in [0.05, 0.1) is 17.7 Å². The fourth-order valence-electron chi connectivity index (χ4n) is 3.38. The number of nitrogens with zero attached hydrogens (tertiary/aromatic N) is 4. The number of carbonyl (C=O) groups is 1. The van der Waals surface area contributed by atoms with Crippen molar-refractivity contribution in [2.45, 2.75) is 25.6 Å². The summed E-state index contributed by atoms with van der Waals surface area (Å²) in [7, 11) is 3.56. The molecule has 2 aromatic heterocycles. The van der Waals surface area contributed by atoms with Crippen molar-refractivity contribution in [1.29, 1.82) is 0 Å². The van der Waals surface area contributed by atoms with Crippen molar-refractivity contribution >= 4 is 51.1 Å². The first-order valence-corrected chi connectivity index (χ1v) is 10.3. The van der Waals surface area contributed by atoms with Gasteiger partial charge in [-0.15, -0.1) is 16.4 Å². The first-order chi connectivity index (χ1) is 13.0. The Morgan fingerprint density at radius 3 is 2.96 bits per heavy atom. The number of thiophene rings is 1. The molecule has 1 fully saturated rings. The van der Waals surface area contributed by atoms with Crippen LogP contribution in [0, 0.1) is 4.84 Å². The van der Waals surface area contributed by atoms with E-state index >= 15 is 0 Å². The van der Waals surface area contributed by atoms with Gasteiger partial charge in [-0.25, -0.2) is 4.68 Å². The lowest BCUT2D eigenvalue weighted by atomic mass is 10.2. The van der Waals surface area contributed by atoms with Crippen LogP contribution in [0.15, 0.2) is 28.7 Å². The minimum atomic E-state index is -0.144. The molecule has 27 heavy (non-hydrogen) atoms. The van der Waals surface area contributed by atoms with E-state index in [0.717, 1.165) is 34.3 Å². The van der Waals surface area contributed by atoms with Crippen LogP contribution in [-0.4, -0.2) is 52.2 Å². The molecule has 0 unspecified atom stereocenters. The van der Waals surface area contributed by atoms with Crippen LogP contribution in [0.25, 0.3) is 20.9 Å². The fraction of sp³-hybridized carbons (Fsp3) is 0.389. The van der Waals surface area contributed by atoms with E-state index in [1.54, 1.807) is 23.7 Å². The molecule has 3 heterocycles. The summed E-state index contributed by atoms with van der Waals surface area (Å²) in [6.07, 6.45) is 1.82. The number of hydrogen-bond donors (Lipinski definition) is 0. The average Bonchev–Trinajstić information content (AvgIpc) is 3.34. The number of likely N-dealkylation sites (N-methyl/N-ethyl adjacent to an activating group) is 1. The summed E-state index contributed by atoms with van der Waals surface area (Å²) in [4.78, 5) is 17.2. The Hall–Kier alpha value is -1.74. The number of halogens is 1. The molecule has 4 rings (SSSR count). The zero-order valence-corrected chi connectivity index (χ0v) is 17.4. The van der Waals surface area contributed by atoms with Crippen molar-refractivity contribution in [2.24, 2.45) is 0 Å². The highest BCUT2D eigenvalue weighted by atomic mass is 35.5. The number of benzene rings is 1. The smallest absolute Gasteiger partial charge is 0.288 e. The van der Waals surface area contributed by atoms with Gasteiger partial charge in [-0.1, -0.05) is 29.8 Å². The van der Waals surface area contributed by atoms with Gasteiger partial charge in [-0.2, -0.15) is 0 Å². The van der Waals surface area contributed by atoms with E-state index in [1.165, 1.54) is 11.3 Å². The molecule has 0 bridgehead atoms. The van der Waals surface area contributed by atoms with Gasteiger partial charge in [0.2, 0.25) is 5.91 Å². The van der Waals surface area contributed by atoms with Gasteiger partial charge in [0.1, 0.15) is 4.88 Å². The molecule has 0 N–H and O–H groups in total. The maximum absolute atomic E-state index is 12.4. The third-order valence-corrected chi connectivity index (χ3v) is 6.70. The normalized spacial score (nSPS) is 17.7. The van der Waals surface area contributed by atoms with Crippen LogP contribution in [0.5, 0.6) is 0 Å². The topological polar surface area (TPSA) is 54.5 Å². The highest BCUT2D eigenvalue weighted by Gasteiger charge is 2.32. The standard InChI is InChI=1S/C18H19ClN4O2S2/c1-21(2)17(24)12-7-5-9-22(12)10-23-18(26)25-16(20-23)15-14(19)11-6-3-4-8-13(11)27-15/h3-4,6,8,12H,5,7,9-10H2,1-2H3/t12-/m0/s1. The van der Waals surface area contributed by atoms with Gasteiger partial charge >= 0.3 is 0 Å². The van der Waals surface area contributed by atoms with Crippen LogP contribution in [0.2, 0.25) is 5.02 Å². The average molecular weight is 423 g/mol. The molecule has 1 aromatic carbocycles.